The molecule has 1 saturated heterocycles. The van der Waals surface area contributed by atoms with E-state index in [9.17, 15) is 0 Å². The quantitative estimate of drug-likeness (QED) is 0.721. The van der Waals surface area contributed by atoms with Crippen LogP contribution in [-0.2, 0) is 0 Å². The predicted octanol–water partition coefficient (Wildman–Crippen LogP) is 1.35. The van der Waals surface area contributed by atoms with Crippen molar-refractivity contribution in [3.05, 3.63) is 0 Å². The molecule has 0 spiro atoms. The molecule has 3 heteroatoms. The smallest absolute Gasteiger partial charge is 0.0197 e. The molecule has 1 unspecified atom stereocenters. The maximum absolute atomic E-state index is 2.59. The first-order chi connectivity index (χ1) is 7.30. The summed E-state index contributed by atoms with van der Waals surface area (Å²) in [6, 6.07) is 0.628. The van der Waals surface area contributed by atoms with Crippen LogP contribution < -0.4 is 0 Å². The average molecular weight is 227 g/mol. The first-order valence-corrected chi connectivity index (χ1v) is 6.44. The molecule has 1 heterocycles. The van der Waals surface area contributed by atoms with Crippen LogP contribution in [0.25, 0.3) is 0 Å². The van der Waals surface area contributed by atoms with E-state index >= 15 is 0 Å². The first-order valence-electron chi connectivity index (χ1n) is 6.44. The van der Waals surface area contributed by atoms with Gasteiger partial charge in [-0.3, -0.25) is 9.80 Å². The molecule has 0 N–H and O–H groups in total. The fourth-order valence-electron chi connectivity index (χ4n) is 2.19. The predicted molar refractivity (Wildman–Crippen MR) is 70.9 cm³/mol. The molecule has 1 fully saturated rings. The van der Waals surface area contributed by atoms with Crippen LogP contribution in [0, 0.1) is 0 Å². The normalized spacial score (nSPS) is 22.7. The molecule has 3 nitrogen and oxygen atoms in total. The molecule has 1 aliphatic heterocycles. The van der Waals surface area contributed by atoms with Crippen LogP contribution in [0.3, 0.4) is 0 Å². The summed E-state index contributed by atoms with van der Waals surface area (Å²) in [4.78, 5) is 7.48. The SMILES string of the molecule is CC(CN1CCN(C)CC1)N(C)C(C)(C)C. The van der Waals surface area contributed by atoms with Crippen LogP contribution in [0.4, 0.5) is 0 Å². The molecular weight excluding hydrogens is 198 g/mol. The molecule has 1 aliphatic rings. The van der Waals surface area contributed by atoms with Gasteiger partial charge in [-0.15, -0.1) is 0 Å². The van der Waals surface area contributed by atoms with Gasteiger partial charge in [-0.2, -0.15) is 0 Å². The highest BCUT2D eigenvalue weighted by atomic mass is 15.3. The zero-order valence-corrected chi connectivity index (χ0v) is 12.0. The van der Waals surface area contributed by atoms with Gasteiger partial charge in [-0.1, -0.05) is 0 Å². The number of nitrogens with zero attached hydrogens (tertiary/aromatic N) is 3. The second-order valence-electron chi connectivity index (χ2n) is 6.23. The Hall–Kier alpha value is -0.120. The Kier molecular flexibility index (Phi) is 4.77. The van der Waals surface area contributed by atoms with Crippen molar-refractivity contribution in [3.8, 4) is 0 Å². The summed E-state index contributed by atoms with van der Waals surface area (Å²) in [5, 5.41) is 0. The summed E-state index contributed by atoms with van der Waals surface area (Å²) >= 11 is 0. The summed E-state index contributed by atoms with van der Waals surface area (Å²) < 4.78 is 0. The van der Waals surface area contributed by atoms with Gasteiger partial charge in [0.2, 0.25) is 0 Å². The van der Waals surface area contributed by atoms with Crippen molar-refractivity contribution in [1.82, 2.24) is 14.7 Å². The summed E-state index contributed by atoms with van der Waals surface area (Å²) in [5.74, 6) is 0. The molecular formula is C13H29N3. The van der Waals surface area contributed by atoms with E-state index in [0.717, 1.165) is 0 Å². The molecule has 0 aliphatic carbocycles. The third-order valence-electron chi connectivity index (χ3n) is 3.84. The molecule has 0 radical (unpaired) electrons. The lowest BCUT2D eigenvalue weighted by molar-refractivity contribution is 0.0742. The molecule has 16 heavy (non-hydrogen) atoms. The number of hydrogen-bond donors (Lipinski definition) is 0. The van der Waals surface area contributed by atoms with Crippen LogP contribution in [0.15, 0.2) is 0 Å². The van der Waals surface area contributed by atoms with Gasteiger partial charge in [-0.05, 0) is 41.8 Å². The number of piperazine rings is 1. The molecule has 0 bridgehead atoms. The van der Waals surface area contributed by atoms with Crippen LogP contribution in [0.5, 0.6) is 0 Å². The van der Waals surface area contributed by atoms with Crippen molar-refractivity contribution >= 4 is 0 Å². The number of rotatable bonds is 3. The van der Waals surface area contributed by atoms with Gasteiger partial charge >= 0.3 is 0 Å². The molecule has 1 rings (SSSR count). The zero-order valence-electron chi connectivity index (χ0n) is 12.0. The molecule has 0 aromatic rings. The van der Waals surface area contributed by atoms with Crippen LogP contribution in [0.2, 0.25) is 0 Å². The van der Waals surface area contributed by atoms with Gasteiger partial charge < -0.3 is 4.90 Å². The standard InChI is InChI=1S/C13H29N3/c1-12(15(6)13(2,3)4)11-16-9-7-14(5)8-10-16/h12H,7-11H2,1-6H3. The highest BCUT2D eigenvalue weighted by Gasteiger charge is 2.24. The van der Waals surface area contributed by atoms with E-state index in [1.807, 2.05) is 0 Å². The molecule has 0 saturated carbocycles. The molecule has 0 amide bonds. The Morgan fingerprint density at radius 2 is 1.62 bits per heavy atom. The second kappa shape index (κ2) is 5.48. The Balaban J connectivity index is 2.37. The van der Waals surface area contributed by atoms with E-state index in [1.165, 1.54) is 32.7 Å². The summed E-state index contributed by atoms with van der Waals surface area (Å²) in [7, 11) is 4.45. The second-order valence-corrected chi connectivity index (χ2v) is 6.23. The van der Waals surface area contributed by atoms with Crippen molar-refractivity contribution in [2.45, 2.75) is 39.3 Å². The van der Waals surface area contributed by atoms with Crippen molar-refractivity contribution < 1.29 is 0 Å². The van der Waals surface area contributed by atoms with Crippen molar-refractivity contribution in [3.63, 3.8) is 0 Å². The Bertz CT molecular complexity index is 202. The fraction of sp³-hybridized carbons (Fsp3) is 1.00. The summed E-state index contributed by atoms with van der Waals surface area (Å²) in [6.07, 6.45) is 0. The monoisotopic (exact) mass is 227 g/mol. The van der Waals surface area contributed by atoms with Crippen LogP contribution in [-0.4, -0.2) is 73.1 Å². The molecule has 96 valence electrons. The van der Waals surface area contributed by atoms with Gasteiger partial charge in [0, 0.05) is 44.3 Å². The minimum atomic E-state index is 0.270. The van der Waals surface area contributed by atoms with E-state index < -0.39 is 0 Å². The van der Waals surface area contributed by atoms with Gasteiger partial charge in [0.1, 0.15) is 0 Å². The van der Waals surface area contributed by atoms with E-state index in [-0.39, 0.29) is 5.54 Å². The summed E-state index contributed by atoms with van der Waals surface area (Å²) in [5.41, 5.74) is 0.270. The lowest BCUT2D eigenvalue weighted by Crippen LogP contribution is -2.52. The largest absolute Gasteiger partial charge is 0.304 e. The Morgan fingerprint density at radius 1 is 1.12 bits per heavy atom. The van der Waals surface area contributed by atoms with Crippen LogP contribution in [0.1, 0.15) is 27.7 Å². The number of hydrogen-bond acceptors (Lipinski definition) is 3. The van der Waals surface area contributed by atoms with E-state index in [2.05, 4.69) is 56.5 Å². The Labute approximate surface area is 101 Å². The van der Waals surface area contributed by atoms with E-state index in [0.29, 0.717) is 6.04 Å². The van der Waals surface area contributed by atoms with E-state index in [1.54, 1.807) is 0 Å². The minimum absolute atomic E-state index is 0.270. The maximum atomic E-state index is 2.59. The first kappa shape index (κ1) is 13.9. The van der Waals surface area contributed by atoms with Crippen LogP contribution >= 0.6 is 0 Å². The van der Waals surface area contributed by atoms with Gasteiger partial charge in [0.05, 0.1) is 0 Å². The lowest BCUT2D eigenvalue weighted by atomic mass is 10.0. The molecule has 0 aromatic heterocycles. The molecule has 1 atom stereocenters. The van der Waals surface area contributed by atoms with Crippen molar-refractivity contribution in [2.75, 3.05) is 46.8 Å². The van der Waals surface area contributed by atoms with Crippen molar-refractivity contribution in [1.29, 1.82) is 0 Å². The topological polar surface area (TPSA) is 9.72 Å². The van der Waals surface area contributed by atoms with E-state index in [4.69, 9.17) is 0 Å². The third kappa shape index (κ3) is 4.04. The average Bonchev–Trinajstić information content (AvgIpc) is 2.19. The molecule has 0 aromatic carbocycles. The van der Waals surface area contributed by atoms with Gasteiger partial charge in [0.15, 0.2) is 0 Å². The van der Waals surface area contributed by atoms with Crippen molar-refractivity contribution in [2.24, 2.45) is 0 Å². The maximum Gasteiger partial charge on any atom is 0.0197 e. The number of likely N-dealkylation sites (N-methyl/N-ethyl adjacent to an activating group) is 2. The highest BCUT2D eigenvalue weighted by molar-refractivity contribution is 4.81. The highest BCUT2D eigenvalue weighted by Crippen LogP contribution is 2.15. The van der Waals surface area contributed by atoms with Gasteiger partial charge in [0.25, 0.3) is 0 Å². The zero-order chi connectivity index (χ0) is 12.3. The minimum Gasteiger partial charge on any atom is -0.304 e. The third-order valence-corrected chi connectivity index (χ3v) is 3.84. The fourth-order valence-corrected chi connectivity index (χ4v) is 2.19. The lowest BCUT2D eigenvalue weighted by Gasteiger charge is -2.41. The summed E-state index contributed by atoms with van der Waals surface area (Å²) in [6.45, 7) is 15.3. The Morgan fingerprint density at radius 3 is 2.06 bits per heavy atom. The van der Waals surface area contributed by atoms with Gasteiger partial charge in [-0.25, -0.2) is 0 Å².